The number of nitrogens with one attached hydrogen (secondary N) is 1. The van der Waals surface area contributed by atoms with Gasteiger partial charge >= 0.3 is 0 Å². The van der Waals surface area contributed by atoms with Crippen molar-refractivity contribution in [1.82, 2.24) is 19.5 Å². The Bertz CT molecular complexity index is 1100. The number of fused-ring (bicyclic) bond motifs is 1. The first kappa shape index (κ1) is 20.2. The Hall–Kier alpha value is -3.13. The molecule has 158 valence electrons. The van der Waals surface area contributed by atoms with Crippen LogP contribution in [0.1, 0.15) is 30.7 Å². The van der Waals surface area contributed by atoms with Crippen molar-refractivity contribution in [3.05, 3.63) is 52.1 Å². The molecular weight excluding hydrogens is 384 g/mol. The summed E-state index contributed by atoms with van der Waals surface area (Å²) in [4.78, 5) is 31.5. The molecule has 4 rings (SSSR count). The summed E-state index contributed by atoms with van der Waals surface area (Å²) in [7, 11) is 3.23. The van der Waals surface area contributed by atoms with Crippen molar-refractivity contribution >= 4 is 11.6 Å². The molecule has 0 radical (unpaired) electrons. The number of ether oxygens (including phenoxy) is 2. The summed E-state index contributed by atoms with van der Waals surface area (Å²) in [5, 5.41) is 3.12. The van der Waals surface area contributed by atoms with Crippen LogP contribution in [0.2, 0.25) is 0 Å². The van der Waals surface area contributed by atoms with E-state index in [0.717, 1.165) is 42.0 Å². The van der Waals surface area contributed by atoms with Gasteiger partial charge in [-0.05, 0) is 30.5 Å². The molecule has 8 heteroatoms. The number of carbonyl (C=O) groups excluding carboxylic acids is 1. The number of likely N-dealkylation sites (tertiary alicyclic amines) is 1. The smallest absolute Gasteiger partial charge is 0.272 e. The summed E-state index contributed by atoms with van der Waals surface area (Å²) in [6.45, 7) is 1.68. The SMILES string of the molecule is COCc1[nH]n2c(=O)cc(CCN3CCCCC3=O)nc2c1-c1ccc(OC)cc1. The highest BCUT2D eigenvalue weighted by Gasteiger charge is 2.20. The van der Waals surface area contributed by atoms with Gasteiger partial charge in [-0.2, -0.15) is 0 Å². The van der Waals surface area contributed by atoms with Gasteiger partial charge in [0.15, 0.2) is 5.65 Å². The van der Waals surface area contributed by atoms with Crippen LogP contribution in [-0.4, -0.2) is 52.7 Å². The van der Waals surface area contributed by atoms with Crippen molar-refractivity contribution in [1.29, 1.82) is 0 Å². The van der Waals surface area contributed by atoms with Crippen LogP contribution in [0.4, 0.5) is 0 Å². The summed E-state index contributed by atoms with van der Waals surface area (Å²) in [5.74, 6) is 0.936. The van der Waals surface area contributed by atoms with E-state index in [1.54, 1.807) is 14.2 Å². The predicted octanol–water partition coefficient (Wildman–Crippen LogP) is 2.40. The van der Waals surface area contributed by atoms with Crippen LogP contribution >= 0.6 is 0 Å². The molecule has 30 heavy (non-hydrogen) atoms. The zero-order chi connectivity index (χ0) is 21.1. The maximum atomic E-state index is 12.8. The van der Waals surface area contributed by atoms with Crippen molar-refractivity contribution in [2.75, 3.05) is 27.3 Å². The largest absolute Gasteiger partial charge is 0.497 e. The molecule has 0 unspecified atom stereocenters. The number of aromatic amines is 1. The van der Waals surface area contributed by atoms with Crippen molar-refractivity contribution in [2.24, 2.45) is 0 Å². The third-order valence-corrected chi connectivity index (χ3v) is 5.47. The molecule has 3 heterocycles. The van der Waals surface area contributed by atoms with E-state index in [1.165, 1.54) is 10.6 Å². The summed E-state index contributed by atoms with van der Waals surface area (Å²) >= 11 is 0. The minimum atomic E-state index is -0.183. The van der Waals surface area contributed by atoms with E-state index in [9.17, 15) is 9.59 Å². The normalized spacial score (nSPS) is 14.5. The molecule has 0 saturated carbocycles. The number of carbonyl (C=O) groups is 1. The molecule has 3 aromatic rings. The first-order valence-electron chi connectivity index (χ1n) is 10.2. The molecule has 1 N–H and O–H groups in total. The van der Waals surface area contributed by atoms with Crippen LogP contribution < -0.4 is 10.3 Å². The molecule has 0 aliphatic carbocycles. The van der Waals surface area contributed by atoms with E-state index in [4.69, 9.17) is 14.5 Å². The number of H-pyrrole nitrogens is 1. The Morgan fingerprint density at radius 3 is 2.63 bits per heavy atom. The van der Waals surface area contributed by atoms with Gasteiger partial charge in [0.1, 0.15) is 5.75 Å². The molecule has 1 amide bonds. The molecule has 1 aromatic carbocycles. The van der Waals surface area contributed by atoms with Crippen LogP contribution in [0.3, 0.4) is 0 Å². The Labute approximate surface area is 174 Å². The number of rotatable bonds is 7. The fraction of sp³-hybridized carbons (Fsp3) is 0.409. The number of nitrogens with zero attached hydrogens (tertiary/aromatic N) is 3. The van der Waals surface area contributed by atoms with E-state index in [2.05, 4.69) is 5.10 Å². The average molecular weight is 410 g/mol. The maximum absolute atomic E-state index is 12.8. The Morgan fingerprint density at radius 2 is 1.93 bits per heavy atom. The van der Waals surface area contributed by atoms with Gasteiger partial charge in [0.2, 0.25) is 5.91 Å². The number of benzene rings is 1. The second kappa shape index (κ2) is 8.71. The van der Waals surface area contributed by atoms with Crippen molar-refractivity contribution in [3.8, 4) is 16.9 Å². The number of piperidine rings is 1. The predicted molar refractivity (Wildman–Crippen MR) is 113 cm³/mol. The lowest BCUT2D eigenvalue weighted by molar-refractivity contribution is -0.133. The molecule has 0 atom stereocenters. The lowest BCUT2D eigenvalue weighted by Gasteiger charge is -2.26. The summed E-state index contributed by atoms with van der Waals surface area (Å²) < 4.78 is 12.0. The van der Waals surface area contributed by atoms with Gasteiger partial charge < -0.3 is 14.4 Å². The first-order chi connectivity index (χ1) is 14.6. The van der Waals surface area contributed by atoms with Crippen molar-refractivity contribution < 1.29 is 14.3 Å². The minimum Gasteiger partial charge on any atom is -0.497 e. The number of hydrogen-bond donors (Lipinski definition) is 1. The number of amides is 1. The molecular formula is C22H26N4O4. The van der Waals surface area contributed by atoms with Gasteiger partial charge in [0.25, 0.3) is 5.56 Å². The highest BCUT2D eigenvalue weighted by molar-refractivity contribution is 5.80. The highest BCUT2D eigenvalue weighted by Crippen LogP contribution is 2.29. The van der Waals surface area contributed by atoms with Gasteiger partial charge in [-0.25, -0.2) is 9.50 Å². The fourth-order valence-corrected chi connectivity index (χ4v) is 3.92. The number of hydrogen-bond acceptors (Lipinski definition) is 5. The standard InChI is InChI=1S/C22H26N4O4/c1-29-14-18-21(15-6-8-17(30-2)9-7-15)22-23-16(13-20(28)26(22)24-18)10-12-25-11-4-3-5-19(25)27/h6-9,13,24H,3-5,10-12,14H2,1-2H3. The molecule has 0 spiro atoms. The van der Waals surface area contributed by atoms with Crippen LogP contribution in [-0.2, 0) is 22.6 Å². The molecule has 0 bridgehead atoms. The zero-order valence-electron chi connectivity index (χ0n) is 17.3. The van der Waals surface area contributed by atoms with Gasteiger partial charge in [-0.1, -0.05) is 12.1 Å². The lowest BCUT2D eigenvalue weighted by Crippen LogP contribution is -2.36. The summed E-state index contributed by atoms with van der Waals surface area (Å²) in [6, 6.07) is 9.16. The Balaban J connectivity index is 1.72. The van der Waals surface area contributed by atoms with Gasteiger partial charge in [-0.3, -0.25) is 14.7 Å². The van der Waals surface area contributed by atoms with E-state index in [-0.39, 0.29) is 11.5 Å². The quantitative estimate of drug-likeness (QED) is 0.646. The van der Waals surface area contributed by atoms with E-state index in [1.807, 2.05) is 29.2 Å². The summed E-state index contributed by atoms with van der Waals surface area (Å²) in [6.07, 6.45) is 3.14. The lowest BCUT2D eigenvalue weighted by atomic mass is 10.1. The highest BCUT2D eigenvalue weighted by atomic mass is 16.5. The van der Waals surface area contributed by atoms with Crippen molar-refractivity contribution in [3.63, 3.8) is 0 Å². The van der Waals surface area contributed by atoms with E-state index in [0.29, 0.717) is 37.3 Å². The van der Waals surface area contributed by atoms with E-state index >= 15 is 0 Å². The summed E-state index contributed by atoms with van der Waals surface area (Å²) in [5.41, 5.74) is 3.56. The van der Waals surface area contributed by atoms with Gasteiger partial charge in [0, 0.05) is 44.7 Å². The molecule has 8 nitrogen and oxygen atoms in total. The van der Waals surface area contributed by atoms with Crippen LogP contribution in [0.15, 0.2) is 35.1 Å². The first-order valence-corrected chi connectivity index (χ1v) is 10.2. The van der Waals surface area contributed by atoms with Crippen LogP contribution in [0, 0.1) is 0 Å². The van der Waals surface area contributed by atoms with Gasteiger partial charge in [0.05, 0.1) is 25.1 Å². The van der Waals surface area contributed by atoms with Crippen LogP contribution in [0.5, 0.6) is 5.75 Å². The number of methoxy groups -OCH3 is 2. The molecule has 1 saturated heterocycles. The van der Waals surface area contributed by atoms with Crippen molar-refractivity contribution in [2.45, 2.75) is 32.3 Å². The average Bonchev–Trinajstić information content (AvgIpc) is 3.12. The molecule has 1 aliphatic rings. The number of aromatic nitrogens is 3. The molecule has 1 aliphatic heterocycles. The van der Waals surface area contributed by atoms with Gasteiger partial charge in [-0.15, -0.1) is 0 Å². The molecule has 1 fully saturated rings. The maximum Gasteiger partial charge on any atom is 0.272 e. The Kier molecular flexibility index (Phi) is 5.85. The zero-order valence-corrected chi connectivity index (χ0v) is 17.3. The third kappa shape index (κ3) is 3.95. The topological polar surface area (TPSA) is 88.9 Å². The monoisotopic (exact) mass is 410 g/mol. The fourth-order valence-electron chi connectivity index (χ4n) is 3.92. The minimum absolute atomic E-state index is 0.182. The van der Waals surface area contributed by atoms with E-state index < -0.39 is 0 Å². The van der Waals surface area contributed by atoms with Crippen LogP contribution in [0.25, 0.3) is 16.8 Å². The Morgan fingerprint density at radius 1 is 1.13 bits per heavy atom. The second-order valence-corrected chi connectivity index (χ2v) is 7.46. The third-order valence-electron chi connectivity index (χ3n) is 5.47. The second-order valence-electron chi connectivity index (χ2n) is 7.46. The molecule has 2 aromatic heterocycles.